The van der Waals surface area contributed by atoms with Gasteiger partial charge in [-0.2, -0.15) is 5.10 Å². The number of hydrogen-bond acceptors (Lipinski definition) is 5. The lowest BCUT2D eigenvalue weighted by molar-refractivity contribution is 0.0512. The Morgan fingerprint density at radius 1 is 1.40 bits per heavy atom. The largest absolute Gasteiger partial charge is 0.467 e. The van der Waals surface area contributed by atoms with Crippen LogP contribution in [0, 0.1) is 0 Å². The molecule has 2 heterocycles. The maximum atomic E-state index is 12.4. The third kappa shape index (κ3) is 2.17. The van der Waals surface area contributed by atoms with Crippen molar-refractivity contribution in [2.75, 3.05) is 13.9 Å². The predicted octanol–water partition coefficient (Wildman–Crippen LogP) is 1.96. The van der Waals surface area contributed by atoms with Gasteiger partial charge in [0, 0.05) is 25.6 Å². The maximum Gasteiger partial charge on any atom is 0.218 e. The minimum Gasteiger partial charge on any atom is -0.467 e. The normalized spacial score (nSPS) is 10.8. The second-order valence-corrected chi connectivity index (χ2v) is 4.11. The Hall–Kier alpha value is -2.60. The minimum atomic E-state index is -0.145. The van der Waals surface area contributed by atoms with E-state index < -0.39 is 0 Å². The quantitative estimate of drug-likeness (QED) is 0.679. The molecule has 2 aromatic heterocycles. The van der Waals surface area contributed by atoms with Gasteiger partial charge < -0.3 is 13.9 Å². The fourth-order valence-electron chi connectivity index (χ4n) is 1.88. The number of methoxy groups -OCH3 is 1. The van der Waals surface area contributed by atoms with Gasteiger partial charge in [0.25, 0.3) is 0 Å². The van der Waals surface area contributed by atoms with Crippen LogP contribution in [0.2, 0.25) is 0 Å². The van der Waals surface area contributed by atoms with E-state index in [1.807, 2.05) is 0 Å². The Bertz CT molecular complexity index is 777. The molecule has 0 N–H and O–H groups in total. The molecule has 0 aliphatic carbocycles. The Kier molecular flexibility index (Phi) is 3.22. The molecule has 0 spiro atoms. The van der Waals surface area contributed by atoms with Crippen molar-refractivity contribution in [2.45, 2.75) is 0 Å². The highest BCUT2D eigenvalue weighted by atomic mass is 16.7. The highest BCUT2D eigenvalue weighted by Gasteiger charge is 2.09. The molecular weight excluding hydrogens is 260 g/mol. The summed E-state index contributed by atoms with van der Waals surface area (Å²) in [6, 6.07) is 6.76. The molecule has 102 valence electrons. The Morgan fingerprint density at radius 3 is 3.05 bits per heavy atom. The summed E-state index contributed by atoms with van der Waals surface area (Å²) in [6.45, 7) is 0.140. The van der Waals surface area contributed by atoms with Gasteiger partial charge in [0.15, 0.2) is 6.79 Å². The van der Waals surface area contributed by atoms with E-state index in [0.29, 0.717) is 22.4 Å². The molecule has 6 heteroatoms. The average molecular weight is 272 g/mol. The van der Waals surface area contributed by atoms with Gasteiger partial charge in [0.2, 0.25) is 5.43 Å². The lowest BCUT2D eigenvalue weighted by atomic mass is 10.2. The summed E-state index contributed by atoms with van der Waals surface area (Å²) in [4.78, 5) is 12.4. The number of nitrogens with zero attached hydrogens (tertiary/aromatic N) is 2. The van der Waals surface area contributed by atoms with E-state index in [1.54, 1.807) is 36.7 Å². The van der Waals surface area contributed by atoms with Crippen LogP contribution in [0.25, 0.3) is 16.7 Å². The Labute approximate surface area is 114 Å². The first-order valence-corrected chi connectivity index (χ1v) is 5.97. The van der Waals surface area contributed by atoms with Crippen molar-refractivity contribution in [3.63, 3.8) is 0 Å². The van der Waals surface area contributed by atoms with Gasteiger partial charge >= 0.3 is 0 Å². The van der Waals surface area contributed by atoms with E-state index in [1.165, 1.54) is 18.1 Å². The summed E-state index contributed by atoms with van der Waals surface area (Å²) < 4.78 is 17.1. The zero-order valence-electron chi connectivity index (χ0n) is 10.8. The van der Waals surface area contributed by atoms with Crippen molar-refractivity contribution < 1.29 is 13.9 Å². The molecule has 0 bridgehead atoms. The van der Waals surface area contributed by atoms with Crippen LogP contribution in [0.4, 0.5) is 0 Å². The molecule has 3 aromatic rings. The second-order valence-electron chi connectivity index (χ2n) is 4.11. The molecule has 20 heavy (non-hydrogen) atoms. The van der Waals surface area contributed by atoms with Gasteiger partial charge in [-0.1, -0.05) is 0 Å². The lowest BCUT2D eigenvalue weighted by Crippen LogP contribution is -2.11. The van der Waals surface area contributed by atoms with E-state index in [0.717, 1.165) is 0 Å². The predicted molar refractivity (Wildman–Crippen MR) is 72.1 cm³/mol. The standard InChI is InChI=1S/C14H12N2O4/c1-18-9-20-10-3-4-11-13(7-10)19-8-12(14(11)17)16-6-2-5-15-16/h2-8H,9H2,1H3. The number of aromatic nitrogens is 2. The first kappa shape index (κ1) is 12.4. The second kappa shape index (κ2) is 5.18. The number of rotatable bonds is 4. The molecule has 0 aliphatic heterocycles. The van der Waals surface area contributed by atoms with Crippen LogP contribution in [-0.2, 0) is 4.74 Å². The first-order chi connectivity index (χ1) is 9.79. The molecule has 0 unspecified atom stereocenters. The number of hydrogen-bond donors (Lipinski definition) is 0. The van der Waals surface area contributed by atoms with Crippen molar-refractivity contribution in [3.8, 4) is 11.4 Å². The summed E-state index contributed by atoms with van der Waals surface area (Å²) in [5, 5.41) is 4.50. The smallest absolute Gasteiger partial charge is 0.218 e. The SMILES string of the molecule is COCOc1ccc2c(=O)c(-n3cccn3)coc2c1. The molecular formula is C14H12N2O4. The number of benzene rings is 1. The van der Waals surface area contributed by atoms with E-state index in [4.69, 9.17) is 13.9 Å². The van der Waals surface area contributed by atoms with Crippen LogP contribution in [0.5, 0.6) is 5.75 Å². The van der Waals surface area contributed by atoms with E-state index in [2.05, 4.69) is 5.10 Å². The summed E-state index contributed by atoms with van der Waals surface area (Å²) in [5.41, 5.74) is 0.681. The topological polar surface area (TPSA) is 66.5 Å². The van der Waals surface area contributed by atoms with Crippen LogP contribution < -0.4 is 10.2 Å². The summed E-state index contributed by atoms with van der Waals surface area (Å²) in [5.74, 6) is 0.578. The summed E-state index contributed by atoms with van der Waals surface area (Å²) >= 11 is 0. The van der Waals surface area contributed by atoms with E-state index in [9.17, 15) is 4.79 Å². The third-order valence-corrected chi connectivity index (χ3v) is 2.82. The van der Waals surface area contributed by atoms with Crippen molar-refractivity contribution in [1.29, 1.82) is 0 Å². The van der Waals surface area contributed by atoms with Crippen molar-refractivity contribution >= 4 is 11.0 Å². The zero-order valence-corrected chi connectivity index (χ0v) is 10.8. The zero-order chi connectivity index (χ0) is 13.9. The fourth-order valence-corrected chi connectivity index (χ4v) is 1.88. The van der Waals surface area contributed by atoms with Crippen LogP contribution in [0.1, 0.15) is 0 Å². The monoisotopic (exact) mass is 272 g/mol. The maximum absolute atomic E-state index is 12.4. The molecule has 0 radical (unpaired) electrons. The van der Waals surface area contributed by atoms with Crippen molar-refractivity contribution in [1.82, 2.24) is 9.78 Å². The van der Waals surface area contributed by atoms with Crippen LogP contribution in [0.3, 0.4) is 0 Å². The van der Waals surface area contributed by atoms with Crippen LogP contribution in [-0.4, -0.2) is 23.7 Å². The van der Waals surface area contributed by atoms with Gasteiger partial charge in [-0.3, -0.25) is 4.79 Å². The van der Waals surface area contributed by atoms with E-state index in [-0.39, 0.29) is 12.2 Å². The van der Waals surface area contributed by atoms with Gasteiger partial charge in [-0.25, -0.2) is 4.68 Å². The number of fused-ring (bicyclic) bond motifs is 1. The van der Waals surface area contributed by atoms with Gasteiger partial charge in [-0.05, 0) is 18.2 Å². The number of ether oxygens (including phenoxy) is 2. The molecule has 0 fully saturated rings. The third-order valence-electron chi connectivity index (χ3n) is 2.82. The first-order valence-electron chi connectivity index (χ1n) is 5.97. The molecule has 0 atom stereocenters. The Balaban J connectivity index is 2.08. The molecule has 0 amide bonds. The Morgan fingerprint density at radius 2 is 2.30 bits per heavy atom. The van der Waals surface area contributed by atoms with Gasteiger partial charge in [0.05, 0.1) is 5.39 Å². The molecule has 1 aromatic carbocycles. The summed E-state index contributed by atoms with van der Waals surface area (Å²) in [7, 11) is 1.54. The van der Waals surface area contributed by atoms with Gasteiger partial charge in [-0.15, -0.1) is 0 Å². The van der Waals surface area contributed by atoms with Crippen LogP contribution >= 0.6 is 0 Å². The average Bonchev–Trinajstić information content (AvgIpc) is 2.99. The molecule has 3 rings (SSSR count). The van der Waals surface area contributed by atoms with Gasteiger partial charge in [0.1, 0.15) is 23.3 Å². The van der Waals surface area contributed by atoms with E-state index >= 15 is 0 Å². The van der Waals surface area contributed by atoms with Crippen molar-refractivity contribution in [2.24, 2.45) is 0 Å². The highest BCUT2D eigenvalue weighted by molar-refractivity contribution is 5.79. The molecule has 6 nitrogen and oxygen atoms in total. The van der Waals surface area contributed by atoms with Crippen LogP contribution in [0.15, 0.2) is 52.1 Å². The molecule has 0 saturated carbocycles. The fraction of sp³-hybridized carbons (Fsp3) is 0.143. The minimum absolute atomic E-state index is 0.140. The molecule has 0 aliphatic rings. The lowest BCUT2D eigenvalue weighted by Gasteiger charge is -2.06. The molecule has 0 saturated heterocycles. The van der Waals surface area contributed by atoms with Crippen molar-refractivity contribution in [3.05, 3.63) is 53.1 Å². The summed E-state index contributed by atoms with van der Waals surface area (Å²) in [6.07, 6.45) is 4.68. The highest BCUT2D eigenvalue weighted by Crippen LogP contribution is 2.20.